The van der Waals surface area contributed by atoms with Crippen molar-refractivity contribution in [3.63, 3.8) is 0 Å². The Morgan fingerprint density at radius 2 is 0.415 bits per heavy atom. The molecule has 7 nitrogen and oxygen atoms in total. The lowest BCUT2D eigenvalue weighted by Crippen LogP contribution is -2.42. The van der Waals surface area contributed by atoms with Crippen molar-refractivity contribution in [2.24, 2.45) is 0 Å². The minimum Gasteiger partial charge on any atom is -0.457 e. The van der Waals surface area contributed by atoms with Crippen molar-refractivity contribution in [1.29, 1.82) is 5.26 Å². The standard InChI is InChI=1S/C123H80N4O3/c124-76-91-116-89-55-56-90(69-89)117(116)119(126-106-65-59-85(79-35-11-3-12-36-79)72-100(106)122(101-73-86(60-66-107(101)126)80-37-13-4-14-38-80)94-45-21-27-51-112(94)129-113-52-28-22-46-95(113)122)120(127-108-67-61-87(81-39-15-5-16-40-81)74-102(108)123(103-75-88(62-68-109(103)127)82-41-17-6-18-42-82)96-47-23-29-53-114(96)130-115-54-30-24-48-97(115)123)118(91)125-104-63-57-83(77-31-7-1-8-32-77)70-98(104)121(99-71-84(58-64-105(99)125)78-33-9-2-10-34-78)92-43-19-25-49-110(92)128-111-50-26-20-44-93(111)121/h1-54,57-68,70-75,89-90H,55-56,69H2. The molecule has 19 aromatic carbocycles. The SMILES string of the molecule is N#Cc1c2c(c(N3c4ccc(-c5ccccc5)cc4C4(c5ccccc5Oc5ccccc54)c4cc(-c5ccccc5)ccc43)c(N3c4ccc(-c5ccccc5)cc4C4(c5ccccc5Oc5ccccc54)c4cc(-c5ccccc5)ccc43)c1N1c3ccc(-c4ccccc4)cc3C3(c4ccccc4Oc4ccccc43)c3cc(-c4ccccc4)ccc31)C1CCC2C1. The van der Waals surface area contributed by atoms with Gasteiger partial charge in [0, 0.05) is 33.4 Å². The van der Waals surface area contributed by atoms with Crippen molar-refractivity contribution >= 4 is 51.2 Å². The molecule has 2 bridgehead atoms. The van der Waals surface area contributed by atoms with E-state index in [1.165, 1.54) is 5.56 Å². The molecule has 130 heavy (non-hydrogen) atoms. The lowest BCUT2D eigenvalue weighted by Gasteiger charge is -2.53. The van der Waals surface area contributed by atoms with Crippen LogP contribution in [0, 0.1) is 11.3 Å². The Hall–Kier alpha value is -16.5. The maximum atomic E-state index is 14.0. The van der Waals surface area contributed by atoms with Crippen LogP contribution in [0.15, 0.2) is 437 Å². The highest BCUT2D eigenvalue weighted by molar-refractivity contribution is 6.12. The fourth-order valence-electron chi connectivity index (χ4n) is 24.2. The van der Waals surface area contributed by atoms with Crippen LogP contribution in [-0.4, -0.2) is 0 Å². The number of rotatable bonds is 9. The molecule has 6 aliphatic heterocycles. The third-order valence-electron chi connectivity index (χ3n) is 29.4. The van der Waals surface area contributed by atoms with Gasteiger partial charge in [-0.15, -0.1) is 0 Å². The summed E-state index contributed by atoms with van der Waals surface area (Å²) in [6.07, 6.45) is 2.71. The van der Waals surface area contributed by atoms with E-state index < -0.39 is 16.2 Å². The van der Waals surface area contributed by atoms with E-state index in [1.54, 1.807) is 0 Å². The molecule has 0 radical (unpaired) electrons. The van der Waals surface area contributed by atoms with Crippen LogP contribution in [0.2, 0.25) is 0 Å². The van der Waals surface area contributed by atoms with E-state index in [-0.39, 0.29) is 11.8 Å². The first-order valence-electron chi connectivity index (χ1n) is 45.3. The number of hydrogen-bond donors (Lipinski definition) is 0. The maximum absolute atomic E-state index is 14.0. The largest absolute Gasteiger partial charge is 0.457 e. The van der Waals surface area contributed by atoms with Gasteiger partial charge in [0.2, 0.25) is 0 Å². The van der Waals surface area contributed by atoms with Gasteiger partial charge in [-0.1, -0.05) is 328 Å². The average molecular weight is 1660 g/mol. The molecule has 7 heteroatoms. The summed E-state index contributed by atoms with van der Waals surface area (Å²) in [5, 5.41) is 14.0. The Labute approximate surface area is 755 Å². The third-order valence-corrected chi connectivity index (χ3v) is 29.4. The van der Waals surface area contributed by atoms with Crippen LogP contribution in [0.25, 0.3) is 66.8 Å². The zero-order valence-electron chi connectivity index (χ0n) is 70.9. The summed E-state index contributed by atoms with van der Waals surface area (Å²) in [6.45, 7) is 0. The summed E-state index contributed by atoms with van der Waals surface area (Å²) in [7, 11) is 0. The van der Waals surface area contributed by atoms with Gasteiger partial charge in [0.15, 0.2) is 0 Å². The van der Waals surface area contributed by atoms with Gasteiger partial charge in [0.05, 0.1) is 73.0 Å². The molecule has 2 unspecified atom stereocenters. The van der Waals surface area contributed by atoms with Crippen LogP contribution in [0.1, 0.15) is 115 Å². The summed E-state index contributed by atoms with van der Waals surface area (Å²) >= 11 is 0. The first-order valence-corrected chi connectivity index (χ1v) is 45.3. The highest BCUT2D eigenvalue weighted by Gasteiger charge is 2.59. The minimum absolute atomic E-state index is 0.0120. The smallest absolute Gasteiger partial charge is 0.132 e. The lowest BCUT2D eigenvalue weighted by atomic mass is 9.60. The summed E-state index contributed by atoms with van der Waals surface area (Å²) in [6, 6.07) is 165. The van der Waals surface area contributed by atoms with Gasteiger partial charge in [-0.2, -0.15) is 5.26 Å². The number of fused-ring (bicyclic) bond motifs is 29. The number of benzene rings is 19. The molecule has 27 rings (SSSR count). The fraction of sp³-hybridized carbons (Fsp3) is 0.0650. The first kappa shape index (κ1) is 73.8. The monoisotopic (exact) mass is 1660 g/mol. The molecular weight excluding hydrogens is 1580 g/mol. The van der Waals surface area contributed by atoms with E-state index >= 15 is 0 Å². The van der Waals surface area contributed by atoms with Crippen molar-refractivity contribution in [3.05, 3.63) is 520 Å². The molecule has 0 amide bonds. The van der Waals surface area contributed by atoms with Crippen LogP contribution >= 0.6 is 0 Å². The van der Waals surface area contributed by atoms with Gasteiger partial charge in [0.1, 0.15) is 40.6 Å². The van der Waals surface area contributed by atoms with E-state index in [0.717, 1.165) is 244 Å². The maximum Gasteiger partial charge on any atom is 0.132 e. The van der Waals surface area contributed by atoms with Crippen molar-refractivity contribution in [1.82, 2.24) is 0 Å². The van der Waals surface area contributed by atoms with E-state index in [9.17, 15) is 5.26 Å². The Morgan fingerprint density at radius 3 is 0.654 bits per heavy atom. The molecule has 3 spiro atoms. The highest BCUT2D eigenvalue weighted by atomic mass is 16.5. The predicted molar refractivity (Wildman–Crippen MR) is 523 cm³/mol. The van der Waals surface area contributed by atoms with E-state index in [1.807, 2.05) is 0 Å². The summed E-state index contributed by atoms with van der Waals surface area (Å²) in [5.41, 5.74) is 33.5. The molecule has 8 aliphatic rings. The van der Waals surface area contributed by atoms with Crippen molar-refractivity contribution in [2.45, 2.75) is 47.3 Å². The van der Waals surface area contributed by atoms with Gasteiger partial charge < -0.3 is 28.9 Å². The Morgan fingerprint density at radius 1 is 0.208 bits per heavy atom. The molecule has 2 aliphatic carbocycles. The Bertz CT molecular complexity index is 7570. The molecule has 2 atom stereocenters. The number of para-hydroxylation sites is 6. The van der Waals surface area contributed by atoms with Gasteiger partial charge in [-0.3, -0.25) is 0 Å². The molecule has 0 N–H and O–H groups in total. The molecule has 1 saturated carbocycles. The second kappa shape index (κ2) is 28.5. The van der Waals surface area contributed by atoms with Crippen LogP contribution in [-0.2, 0) is 16.2 Å². The van der Waals surface area contributed by atoms with Gasteiger partial charge in [-0.05, 0) is 252 Å². The Balaban J connectivity index is 0.877. The normalized spacial score (nSPS) is 15.9. The zero-order chi connectivity index (χ0) is 85.5. The molecule has 0 saturated heterocycles. The van der Waals surface area contributed by atoms with Gasteiger partial charge in [0.25, 0.3) is 0 Å². The van der Waals surface area contributed by atoms with E-state index in [4.69, 9.17) is 14.2 Å². The average Bonchev–Trinajstić information content (AvgIpc) is 1.38. The zero-order valence-corrected chi connectivity index (χ0v) is 70.9. The minimum atomic E-state index is -1.08. The van der Waals surface area contributed by atoms with Crippen molar-refractivity contribution < 1.29 is 14.2 Å². The molecule has 1 fully saturated rings. The molecule has 610 valence electrons. The molecule has 19 aromatic rings. The van der Waals surface area contributed by atoms with Gasteiger partial charge >= 0.3 is 0 Å². The number of ether oxygens (including phenoxy) is 3. The topological polar surface area (TPSA) is 61.2 Å². The second-order valence-electron chi connectivity index (χ2n) is 35.7. The van der Waals surface area contributed by atoms with E-state index in [2.05, 4.69) is 458 Å². The van der Waals surface area contributed by atoms with Crippen LogP contribution in [0.3, 0.4) is 0 Å². The Kier molecular flexibility index (Phi) is 16.2. The summed E-state index contributed by atoms with van der Waals surface area (Å²) in [4.78, 5) is 8.00. The number of anilines is 9. The van der Waals surface area contributed by atoms with Crippen LogP contribution < -0.4 is 28.9 Å². The fourth-order valence-corrected chi connectivity index (χ4v) is 24.2. The number of nitrogens with zero attached hydrogens (tertiary/aromatic N) is 4. The third kappa shape index (κ3) is 10.4. The van der Waals surface area contributed by atoms with Crippen LogP contribution in [0.4, 0.5) is 51.2 Å². The quantitative estimate of drug-likeness (QED) is 0.143. The summed E-state index contributed by atoms with van der Waals surface area (Å²) in [5.74, 6) is 4.70. The highest BCUT2D eigenvalue weighted by Crippen LogP contribution is 2.75. The number of hydrogen-bond acceptors (Lipinski definition) is 7. The molecular formula is C123H80N4O3. The second-order valence-corrected chi connectivity index (χ2v) is 35.7. The number of nitriles is 1. The van der Waals surface area contributed by atoms with Crippen molar-refractivity contribution in [3.8, 4) is 107 Å². The van der Waals surface area contributed by atoms with E-state index in [0.29, 0.717) is 5.56 Å². The lowest BCUT2D eigenvalue weighted by molar-refractivity contribution is 0.433. The predicted octanol–water partition coefficient (Wildman–Crippen LogP) is 31.7. The van der Waals surface area contributed by atoms with Crippen LogP contribution in [0.5, 0.6) is 34.5 Å². The summed E-state index contributed by atoms with van der Waals surface area (Å²) < 4.78 is 22.0. The molecule has 0 aromatic heterocycles. The van der Waals surface area contributed by atoms with Gasteiger partial charge in [-0.25, -0.2) is 0 Å². The van der Waals surface area contributed by atoms with Crippen molar-refractivity contribution in [2.75, 3.05) is 14.7 Å². The first-order chi connectivity index (χ1) is 64.4. The molecule has 6 heterocycles.